The van der Waals surface area contributed by atoms with Crippen molar-refractivity contribution in [1.82, 2.24) is 9.97 Å². The summed E-state index contributed by atoms with van der Waals surface area (Å²) in [6.07, 6.45) is 4.43. The monoisotopic (exact) mass is 283 g/mol. The second kappa shape index (κ2) is 4.46. The fourth-order valence-electron chi connectivity index (χ4n) is 1.35. The SMILES string of the molecule is CS(=O)(=O)c1ncnc2cc(/C=C/C(=O)[O-])sc12. The minimum absolute atomic E-state index is 0.0504. The van der Waals surface area contributed by atoms with Gasteiger partial charge in [-0.25, -0.2) is 18.4 Å². The molecule has 0 bridgehead atoms. The second-order valence-electron chi connectivity index (χ2n) is 3.47. The maximum atomic E-state index is 11.5. The fraction of sp³-hybridized carbons (Fsp3) is 0.100. The molecule has 8 heteroatoms. The summed E-state index contributed by atoms with van der Waals surface area (Å²) in [5, 5.41) is 10.2. The minimum Gasteiger partial charge on any atom is -0.545 e. The highest BCUT2D eigenvalue weighted by Crippen LogP contribution is 2.29. The van der Waals surface area contributed by atoms with Gasteiger partial charge in [-0.1, -0.05) is 0 Å². The summed E-state index contributed by atoms with van der Waals surface area (Å²) in [5.74, 6) is -1.32. The molecule has 2 aromatic heterocycles. The van der Waals surface area contributed by atoms with Gasteiger partial charge < -0.3 is 9.90 Å². The number of aromatic nitrogens is 2. The van der Waals surface area contributed by atoms with Gasteiger partial charge in [-0.2, -0.15) is 0 Å². The Balaban J connectivity index is 2.62. The van der Waals surface area contributed by atoms with E-state index in [-0.39, 0.29) is 5.03 Å². The Morgan fingerprint density at radius 2 is 2.17 bits per heavy atom. The van der Waals surface area contributed by atoms with Gasteiger partial charge in [0.25, 0.3) is 0 Å². The summed E-state index contributed by atoms with van der Waals surface area (Å²) in [6, 6.07) is 1.59. The Kier molecular flexibility index (Phi) is 3.14. The van der Waals surface area contributed by atoms with Crippen molar-refractivity contribution in [3.8, 4) is 0 Å². The molecule has 2 aromatic rings. The van der Waals surface area contributed by atoms with Crippen LogP contribution in [0.25, 0.3) is 16.3 Å². The van der Waals surface area contributed by atoms with E-state index in [9.17, 15) is 18.3 Å². The van der Waals surface area contributed by atoms with Crippen LogP contribution in [0.3, 0.4) is 0 Å². The molecule has 0 aliphatic carbocycles. The van der Waals surface area contributed by atoms with Crippen LogP contribution in [0.15, 0.2) is 23.5 Å². The van der Waals surface area contributed by atoms with Gasteiger partial charge in [0.05, 0.1) is 16.2 Å². The van der Waals surface area contributed by atoms with Gasteiger partial charge in [-0.15, -0.1) is 11.3 Å². The molecular formula is C10H7N2O4S2-. The first kappa shape index (κ1) is 12.7. The molecule has 0 aromatic carbocycles. The molecule has 0 radical (unpaired) electrons. The molecule has 0 fully saturated rings. The zero-order chi connectivity index (χ0) is 13.3. The van der Waals surface area contributed by atoms with Gasteiger partial charge in [0.15, 0.2) is 14.9 Å². The van der Waals surface area contributed by atoms with E-state index >= 15 is 0 Å². The third-order valence-corrected chi connectivity index (χ3v) is 4.27. The number of nitrogens with zero attached hydrogens (tertiary/aromatic N) is 2. The van der Waals surface area contributed by atoms with E-state index < -0.39 is 15.8 Å². The number of carboxylic acids is 1. The van der Waals surface area contributed by atoms with Gasteiger partial charge in [0.2, 0.25) is 0 Å². The molecule has 0 amide bonds. The van der Waals surface area contributed by atoms with Gasteiger partial charge in [-0.3, -0.25) is 0 Å². The van der Waals surface area contributed by atoms with Crippen LogP contribution in [0.2, 0.25) is 0 Å². The maximum Gasteiger partial charge on any atom is 0.194 e. The molecule has 0 spiro atoms. The smallest absolute Gasteiger partial charge is 0.194 e. The van der Waals surface area contributed by atoms with Crippen molar-refractivity contribution in [1.29, 1.82) is 0 Å². The van der Waals surface area contributed by atoms with Crippen molar-refractivity contribution in [2.45, 2.75) is 5.03 Å². The van der Waals surface area contributed by atoms with E-state index in [0.717, 1.165) is 30.0 Å². The number of sulfone groups is 1. The van der Waals surface area contributed by atoms with E-state index in [1.54, 1.807) is 6.07 Å². The van der Waals surface area contributed by atoms with Gasteiger partial charge in [0, 0.05) is 11.1 Å². The number of thiophene rings is 1. The maximum absolute atomic E-state index is 11.5. The largest absolute Gasteiger partial charge is 0.545 e. The van der Waals surface area contributed by atoms with E-state index in [1.165, 1.54) is 6.08 Å². The lowest BCUT2D eigenvalue weighted by atomic mass is 10.4. The normalized spacial score (nSPS) is 12.3. The first-order chi connectivity index (χ1) is 8.38. The third-order valence-electron chi connectivity index (χ3n) is 2.03. The predicted molar refractivity (Wildman–Crippen MR) is 64.6 cm³/mol. The summed E-state index contributed by atoms with van der Waals surface area (Å²) >= 11 is 1.11. The Morgan fingerprint density at radius 3 is 2.78 bits per heavy atom. The molecule has 0 atom stereocenters. The average molecular weight is 283 g/mol. The molecule has 0 saturated heterocycles. The van der Waals surface area contributed by atoms with Crippen LogP contribution in [-0.4, -0.2) is 30.6 Å². The summed E-state index contributed by atoms with van der Waals surface area (Å²) in [4.78, 5) is 18.6. The molecule has 6 nitrogen and oxygen atoms in total. The number of fused-ring (bicyclic) bond motifs is 1. The Morgan fingerprint density at radius 1 is 1.44 bits per heavy atom. The van der Waals surface area contributed by atoms with Gasteiger partial charge in [0.1, 0.15) is 6.33 Å². The summed E-state index contributed by atoms with van der Waals surface area (Å²) in [5.41, 5.74) is 0.466. The summed E-state index contributed by atoms with van der Waals surface area (Å²) in [7, 11) is -3.44. The Bertz CT molecular complexity index is 746. The van der Waals surface area contributed by atoms with Crippen molar-refractivity contribution in [2.24, 2.45) is 0 Å². The number of rotatable bonds is 3. The number of carbonyl (C=O) groups excluding carboxylic acids is 1. The topological polar surface area (TPSA) is 100 Å². The molecule has 2 heterocycles. The molecule has 0 N–H and O–H groups in total. The van der Waals surface area contributed by atoms with Crippen molar-refractivity contribution in [3.05, 3.63) is 23.3 Å². The Hall–Kier alpha value is -1.80. The minimum atomic E-state index is -3.44. The number of aliphatic carboxylic acids is 1. The highest BCUT2D eigenvalue weighted by atomic mass is 32.2. The van der Waals surface area contributed by atoms with Crippen LogP contribution in [0.4, 0.5) is 0 Å². The van der Waals surface area contributed by atoms with Crippen molar-refractivity contribution in [2.75, 3.05) is 6.26 Å². The van der Waals surface area contributed by atoms with Crippen molar-refractivity contribution >= 4 is 43.4 Å². The lowest BCUT2D eigenvalue weighted by Crippen LogP contribution is -2.18. The van der Waals surface area contributed by atoms with Crippen molar-refractivity contribution < 1.29 is 18.3 Å². The van der Waals surface area contributed by atoms with Crippen LogP contribution < -0.4 is 5.11 Å². The first-order valence-electron chi connectivity index (χ1n) is 4.71. The average Bonchev–Trinajstić information content (AvgIpc) is 2.66. The number of hydrogen-bond acceptors (Lipinski definition) is 7. The van der Waals surface area contributed by atoms with Crippen LogP contribution in [0, 0.1) is 0 Å². The highest BCUT2D eigenvalue weighted by Gasteiger charge is 2.16. The number of hydrogen-bond donors (Lipinski definition) is 0. The van der Waals surface area contributed by atoms with Crippen LogP contribution in [-0.2, 0) is 14.6 Å². The lowest BCUT2D eigenvalue weighted by molar-refractivity contribution is -0.297. The van der Waals surface area contributed by atoms with Gasteiger partial charge in [-0.05, 0) is 18.2 Å². The second-order valence-corrected chi connectivity index (χ2v) is 6.48. The fourth-order valence-corrected chi connectivity index (χ4v) is 3.51. The molecule has 2 rings (SSSR count). The first-order valence-corrected chi connectivity index (χ1v) is 7.42. The van der Waals surface area contributed by atoms with Crippen LogP contribution >= 0.6 is 11.3 Å². The zero-order valence-corrected chi connectivity index (χ0v) is 10.8. The third kappa shape index (κ3) is 2.54. The summed E-state index contributed by atoms with van der Waals surface area (Å²) in [6.45, 7) is 0. The number of carbonyl (C=O) groups is 1. The Labute approximate surface area is 107 Å². The van der Waals surface area contributed by atoms with Gasteiger partial charge >= 0.3 is 0 Å². The lowest BCUT2D eigenvalue weighted by Gasteiger charge is -1.96. The van der Waals surface area contributed by atoms with Crippen molar-refractivity contribution in [3.63, 3.8) is 0 Å². The van der Waals surface area contributed by atoms with E-state index in [2.05, 4.69) is 9.97 Å². The standard InChI is InChI=1S/C10H8N2O4S2/c1-18(15,16)10-9-7(11-5-12-10)4-6(17-9)2-3-8(13)14/h2-5H,1H3,(H,13,14)/p-1/b3-2+. The number of carboxylic acid groups (broad SMARTS) is 1. The summed E-state index contributed by atoms with van der Waals surface area (Å²) < 4.78 is 23.4. The molecule has 0 aliphatic rings. The van der Waals surface area contributed by atoms with E-state index in [1.807, 2.05) is 0 Å². The zero-order valence-electron chi connectivity index (χ0n) is 9.15. The molecule has 0 aliphatic heterocycles. The highest BCUT2D eigenvalue weighted by molar-refractivity contribution is 7.91. The van der Waals surface area contributed by atoms with Crippen LogP contribution in [0.1, 0.15) is 4.88 Å². The molecule has 94 valence electrons. The molecule has 0 unspecified atom stereocenters. The van der Waals surface area contributed by atoms with Crippen LogP contribution in [0.5, 0.6) is 0 Å². The molecular weight excluding hydrogens is 276 g/mol. The quantitative estimate of drug-likeness (QED) is 0.574. The van der Waals surface area contributed by atoms with E-state index in [0.29, 0.717) is 15.1 Å². The predicted octanol–water partition coefficient (Wildman–Crippen LogP) is -0.142. The van der Waals surface area contributed by atoms with E-state index in [4.69, 9.17) is 0 Å². The molecule has 18 heavy (non-hydrogen) atoms. The molecule has 0 saturated carbocycles.